The second-order valence-corrected chi connectivity index (χ2v) is 7.19. The first-order valence-corrected chi connectivity index (χ1v) is 8.69. The smallest absolute Gasteiger partial charge is 0.228 e. The minimum atomic E-state index is 0.114. The van der Waals surface area contributed by atoms with Crippen LogP contribution in [0.1, 0.15) is 55.9 Å². The van der Waals surface area contributed by atoms with Crippen molar-refractivity contribution in [3.63, 3.8) is 0 Å². The number of anilines is 1. The van der Waals surface area contributed by atoms with Crippen LogP contribution in [0.2, 0.25) is 0 Å². The lowest BCUT2D eigenvalue weighted by Crippen LogP contribution is -2.14. The molecule has 0 aromatic carbocycles. The number of carbonyl (C=O) groups excluding carboxylic acids is 1. The lowest BCUT2D eigenvalue weighted by atomic mass is 9.90. The standard InChI is InChI=1S/C16H19N3OS/c20-15(10-6-7-10)19-14-13-12(8-9-17-14)18-16(21-13)11-4-2-1-3-5-11/h8-11H,1-7H2,(H,17,19,20). The van der Waals surface area contributed by atoms with Gasteiger partial charge in [-0.1, -0.05) is 19.3 Å². The van der Waals surface area contributed by atoms with Gasteiger partial charge in [0.25, 0.3) is 0 Å². The summed E-state index contributed by atoms with van der Waals surface area (Å²) in [4.78, 5) is 21.1. The van der Waals surface area contributed by atoms with Crippen molar-refractivity contribution in [1.82, 2.24) is 9.97 Å². The summed E-state index contributed by atoms with van der Waals surface area (Å²) in [7, 11) is 0. The van der Waals surface area contributed by atoms with Crippen LogP contribution in [-0.2, 0) is 4.79 Å². The Labute approximate surface area is 128 Å². The Morgan fingerprint density at radius 2 is 2.00 bits per heavy atom. The number of rotatable bonds is 3. The Hall–Kier alpha value is -1.49. The zero-order valence-electron chi connectivity index (χ0n) is 12.0. The third-order valence-electron chi connectivity index (χ3n) is 4.47. The lowest BCUT2D eigenvalue weighted by molar-refractivity contribution is -0.117. The van der Waals surface area contributed by atoms with Gasteiger partial charge in [0.15, 0.2) is 5.82 Å². The van der Waals surface area contributed by atoms with E-state index in [1.807, 2.05) is 6.07 Å². The molecule has 4 nitrogen and oxygen atoms in total. The number of nitrogens with one attached hydrogen (secondary N) is 1. The molecule has 0 unspecified atom stereocenters. The summed E-state index contributed by atoms with van der Waals surface area (Å²) in [6, 6.07) is 1.95. The number of pyridine rings is 1. The molecule has 2 aliphatic rings. The molecule has 5 heteroatoms. The molecule has 0 radical (unpaired) electrons. The Morgan fingerprint density at radius 1 is 1.19 bits per heavy atom. The van der Waals surface area contributed by atoms with Gasteiger partial charge in [-0.3, -0.25) is 4.79 Å². The molecule has 0 aliphatic heterocycles. The van der Waals surface area contributed by atoms with Crippen LogP contribution in [0.15, 0.2) is 12.3 Å². The van der Waals surface area contributed by atoms with E-state index in [4.69, 9.17) is 4.98 Å². The summed E-state index contributed by atoms with van der Waals surface area (Å²) in [5.74, 6) is 1.61. The molecule has 2 aromatic heterocycles. The van der Waals surface area contributed by atoms with Crippen LogP contribution < -0.4 is 5.32 Å². The van der Waals surface area contributed by atoms with Crippen LogP contribution in [0.4, 0.5) is 5.82 Å². The van der Waals surface area contributed by atoms with Gasteiger partial charge in [-0.05, 0) is 31.7 Å². The Balaban J connectivity index is 1.64. The average Bonchev–Trinajstić information content (AvgIpc) is 3.27. The maximum atomic E-state index is 12.0. The minimum absolute atomic E-state index is 0.114. The van der Waals surface area contributed by atoms with Gasteiger partial charge in [0.05, 0.1) is 15.2 Å². The third kappa shape index (κ3) is 2.67. The quantitative estimate of drug-likeness (QED) is 0.929. The van der Waals surface area contributed by atoms with Crippen molar-refractivity contribution in [3.05, 3.63) is 17.3 Å². The highest BCUT2D eigenvalue weighted by molar-refractivity contribution is 7.19. The predicted octanol–water partition coefficient (Wildman–Crippen LogP) is 4.09. The van der Waals surface area contributed by atoms with Crippen molar-refractivity contribution in [2.24, 2.45) is 5.92 Å². The average molecular weight is 301 g/mol. The summed E-state index contributed by atoms with van der Waals surface area (Å²) in [5.41, 5.74) is 0.974. The van der Waals surface area contributed by atoms with E-state index < -0.39 is 0 Å². The van der Waals surface area contributed by atoms with Crippen molar-refractivity contribution in [2.45, 2.75) is 50.9 Å². The minimum Gasteiger partial charge on any atom is -0.309 e. The Kier molecular flexibility index (Phi) is 3.37. The molecule has 1 N–H and O–H groups in total. The summed E-state index contributed by atoms with van der Waals surface area (Å²) in [5, 5.41) is 4.21. The summed E-state index contributed by atoms with van der Waals surface area (Å²) < 4.78 is 1.03. The Bertz CT molecular complexity index is 671. The molecular formula is C16H19N3OS. The molecule has 2 aromatic rings. The van der Waals surface area contributed by atoms with Crippen molar-refractivity contribution < 1.29 is 4.79 Å². The zero-order chi connectivity index (χ0) is 14.2. The van der Waals surface area contributed by atoms with Crippen LogP contribution in [0.3, 0.4) is 0 Å². The van der Waals surface area contributed by atoms with Crippen molar-refractivity contribution in [1.29, 1.82) is 0 Å². The first-order chi connectivity index (χ1) is 10.3. The van der Waals surface area contributed by atoms with Crippen LogP contribution in [0.25, 0.3) is 10.2 Å². The van der Waals surface area contributed by atoms with E-state index in [1.165, 1.54) is 37.1 Å². The van der Waals surface area contributed by atoms with Crippen LogP contribution in [0, 0.1) is 5.92 Å². The normalized spacial score (nSPS) is 19.8. The molecule has 0 spiro atoms. The van der Waals surface area contributed by atoms with Crippen molar-refractivity contribution in [3.8, 4) is 0 Å². The molecule has 21 heavy (non-hydrogen) atoms. The molecule has 2 heterocycles. The van der Waals surface area contributed by atoms with E-state index in [1.54, 1.807) is 17.5 Å². The third-order valence-corrected chi connectivity index (χ3v) is 5.71. The number of nitrogens with zero attached hydrogens (tertiary/aromatic N) is 2. The van der Waals surface area contributed by atoms with Gasteiger partial charge in [-0.25, -0.2) is 9.97 Å². The van der Waals surface area contributed by atoms with E-state index in [9.17, 15) is 4.79 Å². The number of fused-ring (bicyclic) bond motifs is 1. The largest absolute Gasteiger partial charge is 0.309 e. The number of hydrogen-bond donors (Lipinski definition) is 1. The van der Waals surface area contributed by atoms with E-state index in [2.05, 4.69) is 10.3 Å². The highest BCUT2D eigenvalue weighted by Gasteiger charge is 2.30. The van der Waals surface area contributed by atoms with Crippen LogP contribution in [0.5, 0.6) is 0 Å². The Morgan fingerprint density at radius 3 is 2.76 bits per heavy atom. The summed E-state index contributed by atoms with van der Waals surface area (Å²) >= 11 is 1.72. The van der Waals surface area contributed by atoms with Gasteiger partial charge >= 0.3 is 0 Å². The monoisotopic (exact) mass is 301 g/mol. The maximum Gasteiger partial charge on any atom is 0.228 e. The second kappa shape index (κ2) is 5.37. The maximum absolute atomic E-state index is 12.0. The molecule has 2 saturated carbocycles. The van der Waals surface area contributed by atoms with Gasteiger partial charge in [0.1, 0.15) is 0 Å². The fourth-order valence-electron chi connectivity index (χ4n) is 3.05. The topological polar surface area (TPSA) is 54.9 Å². The number of amides is 1. The van der Waals surface area contributed by atoms with Gasteiger partial charge in [0.2, 0.25) is 5.91 Å². The van der Waals surface area contributed by atoms with Gasteiger partial charge in [0, 0.05) is 18.0 Å². The van der Waals surface area contributed by atoms with Crippen LogP contribution in [-0.4, -0.2) is 15.9 Å². The van der Waals surface area contributed by atoms with Crippen molar-refractivity contribution >= 4 is 33.3 Å². The van der Waals surface area contributed by atoms with Gasteiger partial charge in [-0.15, -0.1) is 11.3 Å². The zero-order valence-corrected chi connectivity index (χ0v) is 12.8. The predicted molar refractivity (Wildman–Crippen MR) is 84.6 cm³/mol. The molecule has 0 atom stereocenters. The number of carbonyl (C=O) groups is 1. The molecular weight excluding hydrogens is 282 g/mol. The van der Waals surface area contributed by atoms with Crippen molar-refractivity contribution in [2.75, 3.05) is 5.32 Å². The molecule has 1 amide bonds. The number of thiazole rings is 1. The number of aromatic nitrogens is 2. The SMILES string of the molecule is O=C(Nc1nccc2nc(C3CCCCC3)sc12)C1CC1. The molecule has 110 valence electrons. The van der Waals surface area contributed by atoms with E-state index >= 15 is 0 Å². The molecule has 4 rings (SSSR count). The number of hydrogen-bond acceptors (Lipinski definition) is 4. The molecule has 0 saturated heterocycles. The first kappa shape index (κ1) is 13.2. The van der Waals surface area contributed by atoms with E-state index in [-0.39, 0.29) is 11.8 Å². The summed E-state index contributed by atoms with van der Waals surface area (Å²) in [6.45, 7) is 0. The van der Waals surface area contributed by atoms with Gasteiger partial charge < -0.3 is 5.32 Å². The molecule has 2 fully saturated rings. The van der Waals surface area contributed by atoms with E-state index in [0.29, 0.717) is 11.7 Å². The summed E-state index contributed by atoms with van der Waals surface area (Å²) in [6.07, 6.45) is 10.2. The molecule has 2 aliphatic carbocycles. The van der Waals surface area contributed by atoms with Gasteiger partial charge in [-0.2, -0.15) is 0 Å². The highest BCUT2D eigenvalue weighted by Crippen LogP contribution is 2.39. The second-order valence-electron chi connectivity index (χ2n) is 6.16. The highest BCUT2D eigenvalue weighted by atomic mass is 32.1. The fourth-order valence-corrected chi connectivity index (χ4v) is 4.22. The first-order valence-electron chi connectivity index (χ1n) is 7.87. The van der Waals surface area contributed by atoms with Crippen LogP contribution >= 0.6 is 11.3 Å². The molecule has 0 bridgehead atoms. The lowest BCUT2D eigenvalue weighted by Gasteiger charge is -2.18. The fraction of sp³-hybridized carbons (Fsp3) is 0.562. The van der Waals surface area contributed by atoms with E-state index in [0.717, 1.165) is 23.1 Å².